The molecule has 28 heavy (non-hydrogen) atoms. The average Bonchev–Trinajstić information content (AvgIpc) is 3.36. The van der Waals surface area contributed by atoms with Crippen LogP contribution in [0, 0.1) is 6.92 Å². The molecule has 3 aromatic rings. The lowest BCUT2D eigenvalue weighted by molar-refractivity contribution is -0.120. The predicted octanol–water partition coefficient (Wildman–Crippen LogP) is 4.19. The molecule has 1 amide bonds. The molecular formula is C21H25N3O3S. The smallest absolute Gasteiger partial charge is 0.226 e. The van der Waals surface area contributed by atoms with Gasteiger partial charge in [0, 0.05) is 18.5 Å². The molecule has 7 heteroatoms. The fourth-order valence-corrected chi connectivity index (χ4v) is 3.60. The Labute approximate surface area is 168 Å². The minimum atomic E-state index is 0.0152. The van der Waals surface area contributed by atoms with Crippen molar-refractivity contribution in [2.45, 2.75) is 39.0 Å². The van der Waals surface area contributed by atoms with Crippen molar-refractivity contribution in [1.82, 2.24) is 15.5 Å². The third-order valence-electron chi connectivity index (χ3n) is 4.39. The first-order valence-corrected chi connectivity index (χ1v) is 10.3. The van der Waals surface area contributed by atoms with E-state index in [4.69, 9.17) is 9.26 Å². The number of nitrogens with zero attached hydrogens (tertiary/aromatic N) is 2. The van der Waals surface area contributed by atoms with Gasteiger partial charge in [0.2, 0.25) is 17.6 Å². The van der Waals surface area contributed by atoms with Gasteiger partial charge in [-0.15, -0.1) is 11.3 Å². The van der Waals surface area contributed by atoms with Crippen molar-refractivity contribution in [2.24, 2.45) is 0 Å². The van der Waals surface area contributed by atoms with Crippen LogP contribution in [0.3, 0.4) is 0 Å². The quantitative estimate of drug-likeness (QED) is 0.517. The largest absolute Gasteiger partial charge is 0.496 e. The molecule has 0 bridgehead atoms. The number of carbonyl (C=O) groups is 1. The number of hydrogen-bond donors (Lipinski definition) is 1. The zero-order valence-corrected chi connectivity index (χ0v) is 17.1. The maximum absolute atomic E-state index is 12.2. The summed E-state index contributed by atoms with van der Waals surface area (Å²) in [6.07, 6.45) is 3.95. The number of benzene rings is 1. The highest BCUT2D eigenvalue weighted by molar-refractivity contribution is 7.13. The molecule has 3 rings (SSSR count). The van der Waals surface area contributed by atoms with Gasteiger partial charge in [-0.05, 0) is 37.3 Å². The normalized spacial score (nSPS) is 10.8. The molecule has 148 valence electrons. The molecule has 0 aliphatic carbocycles. The molecular weight excluding hydrogens is 374 g/mol. The van der Waals surface area contributed by atoms with E-state index in [1.54, 1.807) is 18.4 Å². The molecule has 0 saturated carbocycles. The Morgan fingerprint density at radius 3 is 2.93 bits per heavy atom. The van der Waals surface area contributed by atoms with Crippen molar-refractivity contribution in [2.75, 3.05) is 13.7 Å². The van der Waals surface area contributed by atoms with Crippen molar-refractivity contribution in [3.8, 4) is 16.5 Å². The second kappa shape index (κ2) is 10.0. The fourth-order valence-electron chi connectivity index (χ4n) is 2.95. The van der Waals surface area contributed by atoms with E-state index in [1.807, 2.05) is 42.6 Å². The van der Waals surface area contributed by atoms with E-state index in [2.05, 4.69) is 15.5 Å². The summed E-state index contributed by atoms with van der Waals surface area (Å²) in [7, 11) is 1.62. The highest BCUT2D eigenvalue weighted by Gasteiger charge is 2.10. The lowest BCUT2D eigenvalue weighted by Gasteiger charge is -2.10. The molecule has 0 saturated heterocycles. The van der Waals surface area contributed by atoms with Gasteiger partial charge >= 0.3 is 0 Å². The molecule has 0 spiro atoms. The summed E-state index contributed by atoms with van der Waals surface area (Å²) in [5, 5.41) is 8.99. The highest BCUT2D eigenvalue weighted by atomic mass is 32.1. The Bertz CT molecular complexity index is 890. The first kappa shape index (κ1) is 20.1. The van der Waals surface area contributed by atoms with Gasteiger partial charge in [0.05, 0.1) is 18.4 Å². The number of nitrogens with one attached hydrogen (secondary N) is 1. The number of amides is 1. The number of methoxy groups -OCH3 is 1. The van der Waals surface area contributed by atoms with Crippen molar-refractivity contribution >= 4 is 17.2 Å². The Balaban J connectivity index is 1.33. The van der Waals surface area contributed by atoms with E-state index >= 15 is 0 Å². The topological polar surface area (TPSA) is 77.2 Å². The van der Waals surface area contributed by atoms with Gasteiger partial charge in [-0.2, -0.15) is 4.98 Å². The summed E-state index contributed by atoms with van der Waals surface area (Å²) < 4.78 is 10.6. The summed E-state index contributed by atoms with van der Waals surface area (Å²) in [4.78, 5) is 17.6. The Morgan fingerprint density at radius 1 is 1.25 bits per heavy atom. The first-order valence-electron chi connectivity index (χ1n) is 9.42. The third-order valence-corrected chi connectivity index (χ3v) is 5.25. The van der Waals surface area contributed by atoms with Crippen LogP contribution in [0.1, 0.15) is 36.3 Å². The van der Waals surface area contributed by atoms with Crippen LogP contribution in [0.15, 0.2) is 40.2 Å². The molecule has 0 aliphatic heterocycles. The SMILES string of the molecule is COc1ccc(C)cc1CC(=O)NCCCCCc1nc(-c2cccs2)no1. The fraction of sp³-hybridized carbons (Fsp3) is 0.381. The summed E-state index contributed by atoms with van der Waals surface area (Å²) in [6, 6.07) is 9.83. The van der Waals surface area contributed by atoms with E-state index in [0.29, 0.717) is 24.7 Å². The third kappa shape index (κ3) is 5.66. The van der Waals surface area contributed by atoms with Gasteiger partial charge in [-0.3, -0.25) is 4.79 Å². The van der Waals surface area contributed by atoms with Gasteiger partial charge in [0.25, 0.3) is 0 Å². The Kier molecular flexibility index (Phi) is 7.19. The van der Waals surface area contributed by atoms with Crippen molar-refractivity contribution < 1.29 is 14.1 Å². The molecule has 0 fully saturated rings. The molecule has 2 aromatic heterocycles. The van der Waals surface area contributed by atoms with Gasteiger partial charge in [0.1, 0.15) is 5.75 Å². The van der Waals surface area contributed by atoms with Gasteiger partial charge in [0.15, 0.2) is 0 Å². The number of hydrogen-bond acceptors (Lipinski definition) is 6. The van der Waals surface area contributed by atoms with Crippen LogP contribution >= 0.6 is 11.3 Å². The molecule has 1 aromatic carbocycles. The van der Waals surface area contributed by atoms with Crippen LogP contribution < -0.4 is 10.1 Å². The molecule has 0 atom stereocenters. The van der Waals surface area contributed by atoms with Crippen LogP contribution in [0.4, 0.5) is 0 Å². The average molecular weight is 400 g/mol. The number of carbonyl (C=O) groups excluding carboxylic acids is 1. The molecule has 0 unspecified atom stereocenters. The zero-order valence-electron chi connectivity index (χ0n) is 16.2. The predicted molar refractivity (Wildman–Crippen MR) is 110 cm³/mol. The van der Waals surface area contributed by atoms with E-state index < -0.39 is 0 Å². The number of ether oxygens (including phenoxy) is 1. The first-order chi connectivity index (χ1) is 13.7. The van der Waals surface area contributed by atoms with Crippen LogP contribution in [0.25, 0.3) is 10.7 Å². The second-order valence-electron chi connectivity index (χ2n) is 6.64. The van der Waals surface area contributed by atoms with Gasteiger partial charge in [-0.1, -0.05) is 35.3 Å². The van der Waals surface area contributed by atoms with Crippen molar-refractivity contribution in [3.05, 3.63) is 52.7 Å². The van der Waals surface area contributed by atoms with E-state index in [-0.39, 0.29) is 5.91 Å². The molecule has 0 aliphatic rings. The minimum Gasteiger partial charge on any atom is -0.496 e. The van der Waals surface area contributed by atoms with Crippen LogP contribution in [0.5, 0.6) is 5.75 Å². The number of aryl methyl sites for hydroxylation is 2. The summed E-state index contributed by atoms with van der Waals surface area (Å²) >= 11 is 1.60. The molecule has 6 nitrogen and oxygen atoms in total. The molecule has 1 N–H and O–H groups in total. The molecule has 2 heterocycles. The lowest BCUT2D eigenvalue weighted by atomic mass is 10.1. The summed E-state index contributed by atoms with van der Waals surface area (Å²) in [5.74, 6) is 2.09. The van der Waals surface area contributed by atoms with Crippen molar-refractivity contribution in [3.63, 3.8) is 0 Å². The summed E-state index contributed by atoms with van der Waals surface area (Å²) in [6.45, 7) is 2.67. The second-order valence-corrected chi connectivity index (χ2v) is 7.59. The standard InChI is InChI=1S/C21H25N3O3S/c1-15-9-10-17(26-2)16(13-15)14-19(25)22-11-5-3-4-8-20-23-21(24-27-20)18-7-6-12-28-18/h6-7,9-10,12-13H,3-5,8,11,14H2,1-2H3,(H,22,25). The monoisotopic (exact) mass is 399 g/mol. The minimum absolute atomic E-state index is 0.0152. The highest BCUT2D eigenvalue weighted by Crippen LogP contribution is 2.22. The van der Waals surface area contributed by atoms with E-state index in [1.165, 1.54) is 0 Å². The summed E-state index contributed by atoms with van der Waals surface area (Å²) in [5.41, 5.74) is 2.03. The van der Waals surface area contributed by atoms with Crippen molar-refractivity contribution in [1.29, 1.82) is 0 Å². The zero-order chi connectivity index (χ0) is 19.8. The Hall–Kier alpha value is -2.67. The Morgan fingerprint density at radius 2 is 2.14 bits per heavy atom. The van der Waals surface area contributed by atoms with Crippen LogP contribution in [-0.4, -0.2) is 29.7 Å². The lowest BCUT2D eigenvalue weighted by Crippen LogP contribution is -2.26. The molecule has 0 radical (unpaired) electrons. The van der Waals surface area contributed by atoms with Crippen LogP contribution in [0.2, 0.25) is 0 Å². The van der Waals surface area contributed by atoms with Gasteiger partial charge < -0.3 is 14.6 Å². The number of thiophene rings is 1. The maximum atomic E-state index is 12.2. The van der Waals surface area contributed by atoms with E-state index in [0.717, 1.165) is 47.4 Å². The van der Waals surface area contributed by atoms with Gasteiger partial charge in [-0.25, -0.2) is 0 Å². The van der Waals surface area contributed by atoms with Crippen LogP contribution in [-0.2, 0) is 17.6 Å². The maximum Gasteiger partial charge on any atom is 0.226 e. The van der Waals surface area contributed by atoms with E-state index in [9.17, 15) is 4.79 Å². The number of rotatable bonds is 10. The number of aromatic nitrogens is 2. The number of unbranched alkanes of at least 4 members (excludes halogenated alkanes) is 2.